The van der Waals surface area contributed by atoms with E-state index in [0.717, 1.165) is 38.4 Å². The lowest BCUT2D eigenvalue weighted by Gasteiger charge is -2.42. The summed E-state index contributed by atoms with van der Waals surface area (Å²) in [5.41, 5.74) is 1.56. The average molecular weight is 392 g/mol. The van der Waals surface area contributed by atoms with E-state index in [1.54, 1.807) is 6.07 Å². The van der Waals surface area contributed by atoms with Gasteiger partial charge >= 0.3 is 0 Å². The molecule has 3 aromatic rings. The van der Waals surface area contributed by atoms with Crippen molar-refractivity contribution in [3.8, 4) is 0 Å². The lowest BCUT2D eigenvalue weighted by molar-refractivity contribution is 0.0573. The number of hydrogen-bond acceptors (Lipinski definition) is 6. The second kappa shape index (κ2) is 7.15. The van der Waals surface area contributed by atoms with Crippen LogP contribution in [0, 0.1) is 12.8 Å². The molecule has 7 heteroatoms. The molecule has 0 saturated carbocycles. The second-order valence-electron chi connectivity index (χ2n) is 8.17. The number of nitrogens with zero attached hydrogens (tertiary/aromatic N) is 4. The molecule has 2 aliphatic heterocycles. The van der Waals surface area contributed by atoms with Crippen molar-refractivity contribution in [2.75, 3.05) is 26.2 Å². The zero-order chi connectivity index (χ0) is 19.8. The first-order valence-corrected chi connectivity index (χ1v) is 10.0. The van der Waals surface area contributed by atoms with Gasteiger partial charge in [-0.05, 0) is 24.0 Å². The third-order valence-electron chi connectivity index (χ3n) is 6.26. The van der Waals surface area contributed by atoms with Crippen LogP contribution in [0.3, 0.4) is 0 Å². The number of furan rings is 1. The molecular weight excluding hydrogens is 368 g/mol. The minimum Gasteiger partial charge on any atom is -0.472 e. The van der Waals surface area contributed by atoms with E-state index in [1.807, 2.05) is 17.9 Å². The van der Waals surface area contributed by atoms with Crippen LogP contribution < -0.4 is 0 Å². The number of fused-ring (bicyclic) bond motifs is 1. The lowest BCUT2D eigenvalue weighted by Crippen LogP contribution is -2.54. The van der Waals surface area contributed by atoms with Crippen LogP contribution in [0.2, 0.25) is 0 Å². The Morgan fingerprint density at radius 3 is 2.83 bits per heavy atom. The number of aryl methyl sites for hydroxylation is 1. The van der Waals surface area contributed by atoms with E-state index in [0.29, 0.717) is 23.9 Å². The molecule has 5 rings (SSSR count). The van der Waals surface area contributed by atoms with Crippen LogP contribution >= 0.6 is 0 Å². The van der Waals surface area contributed by atoms with Crippen LogP contribution in [0.4, 0.5) is 0 Å². The van der Waals surface area contributed by atoms with Crippen LogP contribution in [0.5, 0.6) is 0 Å². The average Bonchev–Trinajstić information content (AvgIpc) is 3.47. The Labute approximate surface area is 169 Å². The van der Waals surface area contributed by atoms with Crippen molar-refractivity contribution in [1.29, 1.82) is 0 Å². The molecule has 1 aromatic carbocycles. The highest BCUT2D eigenvalue weighted by Gasteiger charge is 2.54. The molecule has 2 saturated heterocycles. The van der Waals surface area contributed by atoms with Gasteiger partial charge < -0.3 is 13.8 Å². The Morgan fingerprint density at radius 1 is 1.24 bits per heavy atom. The fraction of sp³-hybridized carbons (Fsp3) is 0.409. The maximum Gasteiger partial charge on any atom is 0.257 e. The molecule has 0 spiro atoms. The molecule has 0 radical (unpaired) electrons. The third-order valence-corrected chi connectivity index (χ3v) is 6.26. The van der Waals surface area contributed by atoms with Crippen LogP contribution in [0.15, 0.2) is 57.9 Å². The molecule has 4 heterocycles. The maximum absolute atomic E-state index is 13.0. The standard InChI is InChI=1S/C22H24N4O3/c1-16-23-21(24-29-16)22-14-25(11-17-5-3-2-4-6-17)12-19(22)7-9-26(15-22)20(27)18-8-10-28-13-18/h2-6,8,10,13,19H,7,9,11-12,14-15H2,1H3/t19-,22+/m0/s1. The number of carbonyl (C=O) groups excluding carboxylic acids is 1. The molecule has 0 N–H and O–H groups in total. The molecule has 2 aliphatic rings. The molecule has 0 bridgehead atoms. The molecule has 0 aliphatic carbocycles. The predicted molar refractivity (Wildman–Crippen MR) is 105 cm³/mol. The van der Waals surface area contributed by atoms with E-state index in [-0.39, 0.29) is 11.3 Å². The second-order valence-corrected chi connectivity index (χ2v) is 8.17. The Bertz CT molecular complexity index is 985. The SMILES string of the molecule is Cc1nc([C@@]23CN(Cc4ccccc4)C[C@@H]2CCN(C(=O)c2ccoc2)C3)no1. The van der Waals surface area contributed by atoms with Gasteiger partial charge in [-0.3, -0.25) is 9.69 Å². The van der Waals surface area contributed by atoms with Crippen molar-refractivity contribution in [2.24, 2.45) is 5.92 Å². The number of aromatic nitrogens is 2. The van der Waals surface area contributed by atoms with E-state index in [1.165, 1.54) is 18.1 Å². The summed E-state index contributed by atoms with van der Waals surface area (Å²) in [6, 6.07) is 12.2. The molecule has 2 atom stereocenters. The summed E-state index contributed by atoms with van der Waals surface area (Å²) in [4.78, 5) is 22.0. The Morgan fingerprint density at radius 2 is 2.10 bits per heavy atom. The molecule has 29 heavy (non-hydrogen) atoms. The first kappa shape index (κ1) is 18.1. The van der Waals surface area contributed by atoms with Crippen LogP contribution in [0.1, 0.15) is 34.1 Å². The van der Waals surface area contributed by atoms with Crippen molar-refractivity contribution in [3.05, 3.63) is 71.8 Å². The van der Waals surface area contributed by atoms with Gasteiger partial charge in [0.25, 0.3) is 5.91 Å². The smallest absolute Gasteiger partial charge is 0.257 e. The minimum absolute atomic E-state index is 0.00157. The van der Waals surface area contributed by atoms with Gasteiger partial charge in [0.1, 0.15) is 6.26 Å². The van der Waals surface area contributed by atoms with Crippen molar-refractivity contribution >= 4 is 5.91 Å². The van der Waals surface area contributed by atoms with Crippen molar-refractivity contribution in [3.63, 3.8) is 0 Å². The van der Waals surface area contributed by atoms with Crippen LogP contribution in [0.25, 0.3) is 0 Å². The zero-order valence-electron chi connectivity index (χ0n) is 16.5. The molecule has 2 fully saturated rings. The Kier molecular flexibility index (Phi) is 4.47. The number of hydrogen-bond donors (Lipinski definition) is 0. The fourth-order valence-electron chi connectivity index (χ4n) is 4.89. The summed E-state index contributed by atoms with van der Waals surface area (Å²) >= 11 is 0. The highest BCUT2D eigenvalue weighted by atomic mass is 16.5. The van der Waals surface area contributed by atoms with Crippen molar-refractivity contribution in [1.82, 2.24) is 19.9 Å². The van der Waals surface area contributed by atoms with Gasteiger partial charge in [0.15, 0.2) is 5.82 Å². The quantitative estimate of drug-likeness (QED) is 0.680. The summed E-state index contributed by atoms with van der Waals surface area (Å²) in [6.45, 7) is 5.79. The number of benzene rings is 1. The van der Waals surface area contributed by atoms with E-state index >= 15 is 0 Å². The molecule has 150 valence electrons. The fourth-order valence-corrected chi connectivity index (χ4v) is 4.89. The van der Waals surface area contributed by atoms with E-state index in [9.17, 15) is 4.79 Å². The number of amides is 1. The number of piperidine rings is 1. The number of rotatable bonds is 4. The lowest BCUT2D eigenvalue weighted by atomic mass is 9.72. The topological polar surface area (TPSA) is 75.6 Å². The largest absolute Gasteiger partial charge is 0.472 e. The number of carbonyl (C=O) groups is 1. The van der Waals surface area contributed by atoms with Crippen molar-refractivity contribution < 1.29 is 13.7 Å². The minimum atomic E-state index is -0.315. The highest BCUT2D eigenvalue weighted by molar-refractivity contribution is 5.94. The molecule has 2 aromatic heterocycles. The summed E-state index contributed by atoms with van der Waals surface area (Å²) in [5.74, 6) is 1.67. The van der Waals surface area contributed by atoms with E-state index in [4.69, 9.17) is 8.94 Å². The normalized spacial score (nSPS) is 24.6. The molecule has 7 nitrogen and oxygen atoms in total. The van der Waals surface area contributed by atoms with Crippen LogP contribution in [-0.2, 0) is 12.0 Å². The predicted octanol–water partition coefficient (Wildman–Crippen LogP) is 2.89. The van der Waals surface area contributed by atoms with E-state index in [2.05, 4.69) is 39.3 Å². The number of likely N-dealkylation sites (tertiary alicyclic amines) is 2. The maximum atomic E-state index is 13.0. The van der Waals surface area contributed by atoms with Crippen LogP contribution in [-0.4, -0.2) is 52.0 Å². The first-order chi connectivity index (χ1) is 14.1. The van der Waals surface area contributed by atoms with Gasteiger partial charge in [-0.2, -0.15) is 4.98 Å². The third kappa shape index (κ3) is 3.25. The summed E-state index contributed by atoms with van der Waals surface area (Å²) in [6.07, 6.45) is 3.97. The summed E-state index contributed by atoms with van der Waals surface area (Å²) in [5, 5.41) is 4.30. The first-order valence-electron chi connectivity index (χ1n) is 10.0. The van der Waals surface area contributed by atoms with Gasteiger partial charge in [0, 0.05) is 39.6 Å². The van der Waals surface area contributed by atoms with Gasteiger partial charge in [0.05, 0.1) is 17.2 Å². The Balaban J connectivity index is 1.44. The van der Waals surface area contributed by atoms with Gasteiger partial charge in [-0.1, -0.05) is 35.5 Å². The summed E-state index contributed by atoms with van der Waals surface area (Å²) < 4.78 is 10.5. The van der Waals surface area contributed by atoms with Gasteiger partial charge in [0.2, 0.25) is 5.89 Å². The Hall–Kier alpha value is -2.93. The zero-order valence-corrected chi connectivity index (χ0v) is 16.5. The van der Waals surface area contributed by atoms with Crippen molar-refractivity contribution in [2.45, 2.75) is 25.3 Å². The van der Waals surface area contributed by atoms with Gasteiger partial charge in [-0.15, -0.1) is 0 Å². The molecule has 0 unspecified atom stereocenters. The monoisotopic (exact) mass is 392 g/mol. The molecular formula is C22H24N4O3. The summed E-state index contributed by atoms with van der Waals surface area (Å²) in [7, 11) is 0. The van der Waals surface area contributed by atoms with E-state index < -0.39 is 0 Å². The highest BCUT2D eigenvalue weighted by Crippen LogP contribution is 2.44. The molecule has 1 amide bonds. The van der Waals surface area contributed by atoms with Gasteiger partial charge in [-0.25, -0.2) is 0 Å².